The number of nitrogens with zero attached hydrogens (tertiary/aromatic N) is 3. The molecular formula is C26H23ClN4O2S. The molecule has 34 heavy (non-hydrogen) atoms. The Labute approximate surface area is 206 Å². The lowest BCUT2D eigenvalue weighted by molar-refractivity contribution is -0.138. The van der Waals surface area contributed by atoms with Gasteiger partial charge in [-0.05, 0) is 34.9 Å². The fourth-order valence-electron chi connectivity index (χ4n) is 4.36. The number of halogens is 1. The van der Waals surface area contributed by atoms with Crippen molar-refractivity contribution in [3.63, 3.8) is 0 Å². The van der Waals surface area contributed by atoms with Gasteiger partial charge in [-0.3, -0.25) is 9.59 Å². The molecule has 0 spiro atoms. The summed E-state index contributed by atoms with van der Waals surface area (Å²) in [6.07, 6.45) is 0.437. The van der Waals surface area contributed by atoms with Gasteiger partial charge in [-0.2, -0.15) is 0 Å². The standard InChI is InChI=1S/C26H23ClN4O2S/c27-20-10-11-22-21(13-20)29-26(31(22)14-17-6-2-1-3-7-17)34-16-24(32)30-15-19-9-5-4-8-18(19)12-23(30)25(28)33/h1-11,13,23H,12,14-16H2,(H2,28,33). The van der Waals surface area contributed by atoms with Gasteiger partial charge in [0, 0.05) is 18.0 Å². The van der Waals surface area contributed by atoms with Crippen LogP contribution in [0.1, 0.15) is 16.7 Å². The minimum atomic E-state index is -0.648. The summed E-state index contributed by atoms with van der Waals surface area (Å²) in [5.41, 5.74) is 10.6. The van der Waals surface area contributed by atoms with Gasteiger partial charge in [0.1, 0.15) is 6.04 Å². The molecule has 5 rings (SSSR count). The molecule has 2 heterocycles. The topological polar surface area (TPSA) is 81.2 Å². The summed E-state index contributed by atoms with van der Waals surface area (Å²) in [4.78, 5) is 31.8. The molecular weight excluding hydrogens is 468 g/mol. The smallest absolute Gasteiger partial charge is 0.240 e. The monoisotopic (exact) mass is 490 g/mol. The van der Waals surface area contributed by atoms with Crippen LogP contribution < -0.4 is 5.73 Å². The van der Waals surface area contributed by atoms with Gasteiger partial charge in [-0.25, -0.2) is 4.98 Å². The lowest BCUT2D eigenvalue weighted by atomic mass is 9.93. The van der Waals surface area contributed by atoms with E-state index < -0.39 is 11.9 Å². The Morgan fingerprint density at radius 3 is 2.53 bits per heavy atom. The Bertz CT molecular complexity index is 1370. The van der Waals surface area contributed by atoms with E-state index in [2.05, 4.69) is 16.7 Å². The fraction of sp³-hybridized carbons (Fsp3) is 0.192. The van der Waals surface area contributed by atoms with Crippen LogP contribution in [0.4, 0.5) is 0 Å². The predicted octanol–water partition coefficient (Wildman–Crippen LogP) is 4.27. The van der Waals surface area contributed by atoms with Crippen molar-refractivity contribution in [1.29, 1.82) is 0 Å². The molecule has 3 aromatic carbocycles. The molecule has 1 aliphatic heterocycles. The van der Waals surface area contributed by atoms with Gasteiger partial charge in [0.05, 0.1) is 23.3 Å². The number of carbonyl (C=O) groups is 2. The van der Waals surface area contributed by atoms with Crippen LogP contribution in [0.2, 0.25) is 5.02 Å². The zero-order valence-corrected chi connectivity index (χ0v) is 19.9. The van der Waals surface area contributed by atoms with E-state index in [4.69, 9.17) is 22.3 Å². The predicted molar refractivity (Wildman–Crippen MR) is 135 cm³/mol. The molecule has 1 unspecified atom stereocenters. The Balaban J connectivity index is 1.40. The van der Waals surface area contributed by atoms with Crippen LogP contribution in [0.25, 0.3) is 11.0 Å². The van der Waals surface area contributed by atoms with Crippen molar-refractivity contribution in [2.75, 3.05) is 5.75 Å². The number of hydrogen-bond donors (Lipinski definition) is 1. The SMILES string of the molecule is NC(=O)C1Cc2ccccc2CN1C(=O)CSc1nc2cc(Cl)ccc2n1Cc1ccccc1. The molecule has 8 heteroatoms. The Morgan fingerprint density at radius 1 is 1.03 bits per heavy atom. The second-order valence-corrected chi connectivity index (χ2v) is 9.68. The maximum Gasteiger partial charge on any atom is 0.240 e. The highest BCUT2D eigenvalue weighted by Gasteiger charge is 2.33. The van der Waals surface area contributed by atoms with Gasteiger partial charge in [0.15, 0.2) is 5.16 Å². The van der Waals surface area contributed by atoms with Crippen LogP contribution in [0.15, 0.2) is 78.0 Å². The first kappa shape index (κ1) is 22.5. The Morgan fingerprint density at radius 2 is 1.76 bits per heavy atom. The van der Waals surface area contributed by atoms with Crippen molar-refractivity contribution in [2.24, 2.45) is 5.73 Å². The Hall–Kier alpha value is -3.29. The van der Waals surface area contributed by atoms with Crippen LogP contribution in [0.3, 0.4) is 0 Å². The lowest BCUT2D eigenvalue weighted by Crippen LogP contribution is -2.51. The molecule has 6 nitrogen and oxygen atoms in total. The third kappa shape index (κ3) is 4.54. The van der Waals surface area contributed by atoms with Crippen molar-refractivity contribution in [1.82, 2.24) is 14.5 Å². The summed E-state index contributed by atoms with van der Waals surface area (Å²) in [7, 11) is 0. The average molecular weight is 491 g/mol. The van der Waals surface area contributed by atoms with Crippen LogP contribution >= 0.6 is 23.4 Å². The molecule has 0 aliphatic carbocycles. The number of amides is 2. The summed E-state index contributed by atoms with van der Waals surface area (Å²) in [5.74, 6) is -0.476. The number of carbonyl (C=O) groups excluding carboxylic acids is 2. The summed E-state index contributed by atoms with van der Waals surface area (Å²) >= 11 is 7.56. The number of benzene rings is 3. The molecule has 2 N–H and O–H groups in total. The van der Waals surface area contributed by atoms with E-state index in [0.717, 1.165) is 32.9 Å². The molecule has 0 saturated carbocycles. The van der Waals surface area contributed by atoms with E-state index in [0.29, 0.717) is 24.5 Å². The maximum absolute atomic E-state index is 13.3. The number of fused-ring (bicyclic) bond motifs is 2. The van der Waals surface area contributed by atoms with Crippen LogP contribution in [-0.4, -0.2) is 38.1 Å². The molecule has 2 amide bonds. The number of hydrogen-bond acceptors (Lipinski definition) is 4. The maximum atomic E-state index is 13.3. The second-order valence-electron chi connectivity index (χ2n) is 8.30. The summed E-state index contributed by atoms with van der Waals surface area (Å²) < 4.78 is 2.09. The first-order chi connectivity index (χ1) is 16.5. The van der Waals surface area contributed by atoms with Gasteiger partial charge >= 0.3 is 0 Å². The number of nitrogens with two attached hydrogens (primary N) is 1. The van der Waals surface area contributed by atoms with E-state index in [1.54, 1.807) is 4.90 Å². The van der Waals surface area contributed by atoms with Gasteiger partial charge in [-0.1, -0.05) is 78.0 Å². The number of aromatic nitrogens is 2. The highest BCUT2D eigenvalue weighted by molar-refractivity contribution is 7.99. The number of rotatable bonds is 6. The molecule has 172 valence electrons. The van der Waals surface area contributed by atoms with Crippen molar-refractivity contribution >= 4 is 46.2 Å². The number of primary amides is 1. The molecule has 4 aromatic rings. The lowest BCUT2D eigenvalue weighted by Gasteiger charge is -2.35. The molecule has 0 bridgehead atoms. The number of imidazole rings is 1. The Kier molecular flexibility index (Phi) is 6.30. The second kappa shape index (κ2) is 9.52. The van der Waals surface area contributed by atoms with Crippen molar-refractivity contribution < 1.29 is 9.59 Å². The van der Waals surface area contributed by atoms with Crippen molar-refractivity contribution in [3.05, 3.63) is 94.5 Å². The highest BCUT2D eigenvalue weighted by atomic mass is 35.5. The molecule has 0 radical (unpaired) electrons. The molecule has 0 fully saturated rings. The fourth-order valence-corrected chi connectivity index (χ4v) is 5.42. The first-order valence-corrected chi connectivity index (χ1v) is 12.3. The largest absolute Gasteiger partial charge is 0.368 e. The first-order valence-electron chi connectivity index (χ1n) is 11.0. The number of thioether (sulfide) groups is 1. The third-order valence-corrected chi connectivity index (χ3v) is 7.28. The summed E-state index contributed by atoms with van der Waals surface area (Å²) in [6.45, 7) is 0.996. The van der Waals surface area contributed by atoms with Gasteiger partial charge in [-0.15, -0.1) is 0 Å². The van der Waals surface area contributed by atoms with E-state index in [-0.39, 0.29) is 11.7 Å². The van der Waals surface area contributed by atoms with Gasteiger partial charge in [0.2, 0.25) is 11.8 Å². The zero-order valence-electron chi connectivity index (χ0n) is 18.4. The summed E-state index contributed by atoms with van der Waals surface area (Å²) in [6, 6.07) is 22.9. The van der Waals surface area contributed by atoms with E-state index in [1.165, 1.54) is 11.8 Å². The molecule has 0 saturated heterocycles. The van der Waals surface area contributed by atoms with Crippen molar-refractivity contribution in [3.8, 4) is 0 Å². The van der Waals surface area contributed by atoms with Crippen LogP contribution in [-0.2, 0) is 29.1 Å². The minimum absolute atomic E-state index is 0.139. The van der Waals surface area contributed by atoms with Crippen LogP contribution in [0.5, 0.6) is 0 Å². The van der Waals surface area contributed by atoms with E-state index in [9.17, 15) is 9.59 Å². The van der Waals surface area contributed by atoms with E-state index >= 15 is 0 Å². The van der Waals surface area contributed by atoms with Crippen molar-refractivity contribution in [2.45, 2.75) is 30.7 Å². The zero-order chi connectivity index (χ0) is 23.7. The average Bonchev–Trinajstić information content (AvgIpc) is 3.18. The normalized spacial score (nSPS) is 15.3. The molecule has 1 aromatic heterocycles. The highest BCUT2D eigenvalue weighted by Crippen LogP contribution is 2.29. The molecule has 1 aliphatic rings. The van der Waals surface area contributed by atoms with Gasteiger partial charge < -0.3 is 15.2 Å². The molecule has 1 atom stereocenters. The quantitative estimate of drug-likeness (QED) is 0.409. The van der Waals surface area contributed by atoms with E-state index in [1.807, 2.05) is 60.7 Å². The summed E-state index contributed by atoms with van der Waals surface area (Å²) in [5, 5.41) is 1.34. The van der Waals surface area contributed by atoms with Crippen LogP contribution in [0, 0.1) is 0 Å². The minimum Gasteiger partial charge on any atom is -0.368 e. The van der Waals surface area contributed by atoms with Gasteiger partial charge in [0.25, 0.3) is 0 Å². The third-order valence-electron chi connectivity index (χ3n) is 6.08.